The van der Waals surface area contributed by atoms with Gasteiger partial charge in [0, 0.05) is 17.4 Å². The van der Waals surface area contributed by atoms with Crippen molar-refractivity contribution in [1.29, 1.82) is 0 Å². The van der Waals surface area contributed by atoms with Gasteiger partial charge in [0.2, 0.25) is 12.7 Å². The minimum absolute atomic E-state index is 0.108. The summed E-state index contributed by atoms with van der Waals surface area (Å²) in [5.41, 5.74) is 2.91. The number of benzene rings is 3. The van der Waals surface area contributed by atoms with Crippen molar-refractivity contribution < 1.29 is 33.4 Å². The molecule has 0 bridgehead atoms. The zero-order valence-electron chi connectivity index (χ0n) is 22.3. The number of imide groups is 1. The summed E-state index contributed by atoms with van der Waals surface area (Å²) >= 11 is 0.761. The molecule has 2 aliphatic heterocycles. The summed E-state index contributed by atoms with van der Waals surface area (Å²) in [6.45, 7) is 3.63. The second-order valence-corrected chi connectivity index (χ2v) is 10.5. The highest BCUT2D eigenvalue weighted by atomic mass is 32.2. The predicted molar refractivity (Wildman–Crippen MR) is 155 cm³/mol. The second kappa shape index (κ2) is 12.2. The van der Waals surface area contributed by atoms with Crippen LogP contribution in [0.3, 0.4) is 0 Å². The summed E-state index contributed by atoms with van der Waals surface area (Å²) in [6, 6.07) is 19.3. The fourth-order valence-electron chi connectivity index (χ4n) is 4.22. The Morgan fingerprint density at radius 3 is 2.51 bits per heavy atom. The van der Waals surface area contributed by atoms with E-state index < -0.39 is 23.6 Å². The van der Waals surface area contributed by atoms with Gasteiger partial charge in [0.05, 0.1) is 4.91 Å². The van der Waals surface area contributed by atoms with Gasteiger partial charge in [0.15, 0.2) is 18.1 Å². The minimum Gasteiger partial charge on any atom is -0.484 e. The molecule has 0 saturated carbocycles. The number of nitrogens with zero attached hydrogens (tertiary/aromatic N) is 1. The Balaban J connectivity index is 1.14. The first-order chi connectivity index (χ1) is 19.8. The number of fused-ring (bicyclic) bond motifs is 1. The molecule has 1 saturated heterocycles. The SMILES string of the molecule is CC(C)c1ccccc1NC(=O)COc1ccc(/C=C2/SC(=O)N(CC(=O)Nc3ccc4c(c3)OCO4)C2=O)cc1. The van der Waals surface area contributed by atoms with Crippen LogP contribution >= 0.6 is 11.8 Å². The third-order valence-electron chi connectivity index (χ3n) is 6.24. The Morgan fingerprint density at radius 2 is 1.73 bits per heavy atom. The zero-order valence-corrected chi connectivity index (χ0v) is 23.2. The van der Waals surface area contributed by atoms with Gasteiger partial charge in [0.1, 0.15) is 12.3 Å². The number of para-hydroxylation sites is 1. The van der Waals surface area contributed by atoms with Crippen LogP contribution in [-0.2, 0) is 14.4 Å². The summed E-state index contributed by atoms with van der Waals surface area (Å²) in [4.78, 5) is 51.4. The lowest BCUT2D eigenvalue weighted by Gasteiger charge is -2.14. The summed E-state index contributed by atoms with van der Waals surface area (Å²) in [6.07, 6.45) is 1.57. The topological polar surface area (TPSA) is 123 Å². The van der Waals surface area contributed by atoms with Gasteiger partial charge in [-0.15, -0.1) is 0 Å². The number of ether oxygens (including phenoxy) is 3. The molecule has 0 unspecified atom stereocenters. The fourth-order valence-corrected chi connectivity index (χ4v) is 5.05. The third kappa shape index (κ3) is 6.69. The number of carbonyl (C=O) groups excluding carboxylic acids is 4. The van der Waals surface area contributed by atoms with Gasteiger partial charge in [0.25, 0.3) is 17.1 Å². The summed E-state index contributed by atoms with van der Waals surface area (Å²) in [7, 11) is 0. The number of hydrogen-bond acceptors (Lipinski definition) is 8. The van der Waals surface area contributed by atoms with E-state index in [9.17, 15) is 19.2 Å². The third-order valence-corrected chi connectivity index (χ3v) is 7.14. The van der Waals surface area contributed by atoms with Crippen molar-refractivity contribution in [2.24, 2.45) is 0 Å². The van der Waals surface area contributed by atoms with Crippen LogP contribution in [0.15, 0.2) is 71.6 Å². The molecule has 10 nitrogen and oxygen atoms in total. The molecule has 2 aliphatic rings. The van der Waals surface area contributed by atoms with E-state index in [1.54, 1.807) is 48.5 Å². The molecule has 0 spiro atoms. The van der Waals surface area contributed by atoms with E-state index >= 15 is 0 Å². The van der Waals surface area contributed by atoms with Crippen molar-refractivity contribution in [1.82, 2.24) is 4.90 Å². The van der Waals surface area contributed by atoms with Crippen molar-refractivity contribution >= 4 is 52.2 Å². The van der Waals surface area contributed by atoms with E-state index in [-0.39, 0.29) is 30.1 Å². The average molecular weight is 574 g/mol. The largest absolute Gasteiger partial charge is 0.484 e. The molecule has 0 radical (unpaired) electrons. The van der Waals surface area contributed by atoms with Crippen molar-refractivity contribution in [2.45, 2.75) is 19.8 Å². The van der Waals surface area contributed by atoms with Crippen molar-refractivity contribution in [3.8, 4) is 17.2 Å². The number of hydrogen-bond donors (Lipinski definition) is 2. The van der Waals surface area contributed by atoms with Gasteiger partial charge in [-0.05, 0) is 65.2 Å². The maximum Gasteiger partial charge on any atom is 0.294 e. The molecule has 4 amide bonds. The molecule has 3 aromatic rings. The molecule has 2 N–H and O–H groups in total. The molecule has 5 rings (SSSR count). The number of carbonyl (C=O) groups is 4. The first-order valence-corrected chi connectivity index (χ1v) is 13.6. The van der Waals surface area contributed by atoms with Gasteiger partial charge < -0.3 is 24.8 Å². The molecule has 2 heterocycles. The van der Waals surface area contributed by atoms with Gasteiger partial charge in [-0.25, -0.2) is 0 Å². The highest BCUT2D eigenvalue weighted by molar-refractivity contribution is 8.18. The standard InChI is InChI=1S/C30H27N3O7S/c1-18(2)22-5-3-4-6-23(22)32-28(35)16-38-21-10-7-19(8-11-21)13-26-29(36)33(30(37)41-26)15-27(34)31-20-9-12-24-25(14-20)40-17-39-24/h3-14,18H,15-17H2,1-2H3,(H,31,34)(H,32,35)/b26-13+. The van der Waals surface area contributed by atoms with Crippen LogP contribution < -0.4 is 24.8 Å². The number of rotatable bonds is 9. The number of nitrogens with one attached hydrogen (secondary N) is 2. The molecule has 210 valence electrons. The van der Waals surface area contributed by atoms with E-state index in [2.05, 4.69) is 24.5 Å². The Labute approximate surface area is 240 Å². The van der Waals surface area contributed by atoms with Gasteiger partial charge in [-0.1, -0.05) is 44.2 Å². The van der Waals surface area contributed by atoms with Crippen LogP contribution in [0, 0.1) is 0 Å². The normalized spacial score (nSPS) is 15.0. The first-order valence-electron chi connectivity index (χ1n) is 12.8. The molecular weight excluding hydrogens is 546 g/mol. The maximum atomic E-state index is 12.9. The summed E-state index contributed by atoms with van der Waals surface area (Å²) < 4.78 is 16.2. The maximum absolute atomic E-state index is 12.9. The summed E-state index contributed by atoms with van der Waals surface area (Å²) in [5.74, 6) is 0.461. The van der Waals surface area contributed by atoms with E-state index in [1.807, 2.05) is 24.3 Å². The Hall–Kier alpha value is -4.77. The van der Waals surface area contributed by atoms with E-state index in [4.69, 9.17) is 14.2 Å². The Morgan fingerprint density at radius 1 is 0.976 bits per heavy atom. The predicted octanol–water partition coefficient (Wildman–Crippen LogP) is 5.23. The lowest BCUT2D eigenvalue weighted by molar-refractivity contribution is -0.127. The van der Waals surface area contributed by atoms with Crippen LogP contribution in [0.5, 0.6) is 17.2 Å². The monoisotopic (exact) mass is 573 g/mol. The molecule has 0 aliphatic carbocycles. The number of thioether (sulfide) groups is 1. The van der Waals surface area contributed by atoms with E-state index in [1.165, 1.54) is 0 Å². The zero-order chi connectivity index (χ0) is 28.9. The van der Waals surface area contributed by atoms with Crippen LogP contribution in [0.2, 0.25) is 0 Å². The van der Waals surface area contributed by atoms with Crippen LogP contribution in [-0.4, -0.2) is 47.8 Å². The van der Waals surface area contributed by atoms with Crippen LogP contribution in [0.25, 0.3) is 6.08 Å². The second-order valence-electron chi connectivity index (χ2n) is 9.53. The molecular formula is C30H27N3O7S. The fraction of sp³-hybridized carbons (Fsp3) is 0.200. The van der Waals surface area contributed by atoms with Gasteiger partial charge in [-0.3, -0.25) is 24.1 Å². The number of amides is 4. The van der Waals surface area contributed by atoms with Gasteiger partial charge in [-0.2, -0.15) is 0 Å². The minimum atomic E-state index is -0.556. The molecule has 41 heavy (non-hydrogen) atoms. The first kappa shape index (κ1) is 27.8. The molecule has 0 atom stereocenters. The van der Waals surface area contributed by atoms with Gasteiger partial charge >= 0.3 is 0 Å². The molecule has 1 fully saturated rings. The molecule has 11 heteroatoms. The average Bonchev–Trinajstić information content (AvgIpc) is 3.52. The van der Waals surface area contributed by atoms with Crippen LogP contribution in [0.4, 0.5) is 16.2 Å². The molecule has 0 aromatic heterocycles. The lowest BCUT2D eigenvalue weighted by Crippen LogP contribution is -2.36. The summed E-state index contributed by atoms with van der Waals surface area (Å²) in [5, 5.41) is 5.01. The van der Waals surface area contributed by atoms with Crippen molar-refractivity contribution in [2.75, 3.05) is 30.6 Å². The highest BCUT2D eigenvalue weighted by Crippen LogP contribution is 2.35. The van der Waals surface area contributed by atoms with Crippen LogP contribution in [0.1, 0.15) is 30.9 Å². The Bertz CT molecular complexity index is 1540. The van der Waals surface area contributed by atoms with E-state index in [0.717, 1.165) is 27.9 Å². The van der Waals surface area contributed by atoms with Crippen molar-refractivity contribution in [3.63, 3.8) is 0 Å². The quantitative estimate of drug-likeness (QED) is 0.334. The highest BCUT2D eigenvalue weighted by Gasteiger charge is 2.36. The van der Waals surface area contributed by atoms with Crippen molar-refractivity contribution in [3.05, 3.63) is 82.8 Å². The smallest absolute Gasteiger partial charge is 0.294 e. The Kier molecular flexibility index (Phi) is 8.25. The molecule has 3 aromatic carbocycles. The number of anilines is 2. The lowest BCUT2D eigenvalue weighted by atomic mass is 10.0. The van der Waals surface area contributed by atoms with E-state index in [0.29, 0.717) is 28.5 Å².